The van der Waals surface area contributed by atoms with E-state index in [0.717, 1.165) is 0 Å². The van der Waals surface area contributed by atoms with E-state index in [2.05, 4.69) is 15.0 Å². The van der Waals surface area contributed by atoms with Crippen LogP contribution in [0.3, 0.4) is 0 Å². The number of amides is 1. The van der Waals surface area contributed by atoms with Gasteiger partial charge < -0.3 is 20.3 Å². The minimum Gasteiger partial charge on any atom is -0.464 e. The van der Waals surface area contributed by atoms with Crippen molar-refractivity contribution >= 4 is 11.9 Å². The Labute approximate surface area is 110 Å². The van der Waals surface area contributed by atoms with E-state index in [1.54, 1.807) is 0 Å². The molecule has 0 aliphatic rings. The minimum absolute atomic E-state index is 0.0742. The fourth-order valence-corrected chi connectivity index (χ4v) is 1.39. The van der Waals surface area contributed by atoms with Crippen LogP contribution in [0.4, 0.5) is 0 Å². The molecule has 0 radical (unpaired) electrons. The van der Waals surface area contributed by atoms with Crippen molar-refractivity contribution < 1.29 is 24.5 Å². The molecule has 7 heteroatoms. The van der Waals surface area contributed by atoms with Gasteiger partial charge in [0.05, 0.1) is 7.11 Å². The van der Waals surface area contributed by atoms with E-state index in [4.69, 9.17) is 0 Å². The van der Waals surface area contributed by atoms with Gasteiger partial charge in [-0.05, 0) is 6.07 Å². The zero-order chi connectivity index (χ0) is 14.4. The van der Waals surface area contributed by atoms with E-state index >= 15 is 0 Å². The number of pyridine rings is 1. The first-order valence-electron chi connectivity index (χ1n) is 5.60. The van der Waals surface area contributed by atoms with Crippen LogP contribution in [0.15, 0.2) is 18.3 Å². The van der Waals surface area contributed by atoms with Crippen molar-refractivity contribution in [2.75, 3.05) is 13.7 Å². The summed E-state index contributed by atoms with van der Waals surface area (Å²) in [7, 11) is 1.24. The average molecular weight is 268 g/mol. The summed E-state index contributed by atoms with van der Waals surface area (Å²) in [6.45, 7) is 1.24. The summed E-state index contributed by atoms with van der Waals surface area (Å²) in [5, 5.41) is 21.9. The number of rotatable bonds is 5. The summed E-state index contributed by atoms with van der Waals surface area (Å²) in [5.74, 6) is -0.884. The smallest absolute Gasteiger partial charge is 0.356 e. The highest BCUT2D eigenvalue weighted by atomic mass is 16.5. The number of aromatic nitrogens is 1. The van der Waals surface area contributed by atoms with E-state index in [-0.39, 0.29) is 18.1 Å². The SMILES string of the molecule is COC(=O)c1ccc(C(O)C(O)CNC(C)=O)cn1. The summed E-state index contributed by atoms with van der Waals surface area (Å²) in [5.41, 5.74) is 0.445. The molecule has 2 atom stereocenters. The molecule has 0 bridgehead atoms. The number of esters is 1. The Hall–Kier alpha value is -1.99. The van der Waals surface area contributed by atoms with Crippen molar-refractivity contribution in [3.05, 3.63) is 29.6 Å². The van der Waals surface area contributed by atoms with E-state index in [1.807, 2.05) is 0 Å². The molecule has 0 saturated heterocycles. The molecule has 19 heavy (non-hydrogen) atoms. The van der Waals surface area contributed by atoms with Crippen molar-refractivity contribution in [3.8, 4) is 0 Å². The Morgan fingerprint density at radius 3 is 2.58 bits per heavy atom. The van der Waals surface area contributed by atoms with Crippen LogP contribution < -0.4 is 5.32 Å². The van der Waals surface area contributed by atoms with Gasteiger partial charge in [0.15, 0.2) is 0 Å². The lowest BCUT2D eigenvalue weighted by atomic mass is 10.1. The standard InChI is InChI=1S/C12H16N2O5/c1-7(15)13-6-10(16)11(17)8-3-4-9(14-5-8)12(18)19-2/h3-5,10-11,16-17H,6H2,1-2H3,(H,13,15). The number of aliphatic hydroxyl groups is 2. The Morgan fingerprint density at radius 2 is 2.11 bits per heavy atom. The predicted molar refractivity (Wildman–Crippen MR) is 65.2 cm³/mol. The van der Waals surface area contributed by atoms with Gasteiger partial charge in [-0.1, -0.05) is 6.07 Å². The van der Waals surface area contributed by atoms with Crippen LogP contribution in [0.1, 0.15) is 29.1 Å². The van der Waals surface area contributed by atoms with Gasteiger partial charge in [0.1, 0.15) is 17.9 Å². The highest BCUT2D eigenvalue weighted by Crippen LogP contribution is 2.16. The molecule has 0 spiro atoms. The molecule has 104 valence electrons. The highest BCUT2D eigenvalue weighted by molar-refractivity contribution is 5.86. The summed E-state index contributed by atoms with van der Waals surface area (Å²) in [6.07, 6.45) is -1.09. The number of hydrogen-bond donors (Lipinski definition) is 3. The van der Waals surface area contributed by atoms with Crippen LogP contribution in [0, 0.1) is 0 Å². The van der Waals surface area contributed by atoms with Crippen LogP contribution in [0.2, 0.25) is 0 Å². The largest absolute Gasteiger partial charge is 0.464 e. The molecule has 3 N–H and O–H groups in total. The number of aliphatic hydroxyl groups excluding tert-OH is 2. The molecule has 0 aliphatic carbocycles. The Bertz CT molecular complexity index is 446. The quantitative estimate of drug-likeness (QED) is 0.615. The Kier molecular flexibility index (Phi) is 5.40. The molecule has 1 amide bonds. The van der Waals surface area contributed by atoms with Crippen LogP contribution in [-0.2, 0) is 9.53 Å². The molecule has 2 unspecified atom stereocenters. The van der Waals surface area contributed by atoms with Gasteiger partial charge in [-0.3, -0.25) is 4.79 Å². The molecule has 0 fully saturated rings. The van der Waals surface area contributed by atoms with Crippen molar-refractivity contribution in [2.24, 2.45) is 0 Å². The fourth-order valence-electron chi connectivity index (χ4n) is 1.39. The Balaban J connectivity index is 2.69. The summed E-state index contributed by atoms with van der Waals surface area (Å²) >= 11 is 0. The molecule has 1 aromatic rings. The first-order valence-corrected chi connectivity index (χ1v) is 5.60. The zero-order valence-corrected chi connectivity index (χ0v) is 10.7. The maximum absolute atomic E-state index is 11.2. The molecule has 1 aromatic heterocycles. The molecule has 0 aromatic carbocycles. The molecular weight excluding hydrogens is 252 g/mol. The van der Waals surface area contributed by atoms with Gasteiger partial charge in [0.2, 0.25) is 5.91 Å². The second-order valence-corrected chi connectivity index (χ2v) is 3.92. The van der Waals surface area contributed by atoms with Crippen molar-refractivity contribution in [1.29, 1.82) is 0 Å². The minimum atomic E-state index is -1.20. The van der Waals surface area contributed by atoms with Crippen LogP contribution >= 0.6 is 0 Å². The number of carbonyl (C=O) groups excluding carboxylic acids is 2. The lowest BCUT2D eigenvalue weighted by molar-refractivity contribution is -0.119. The maximum atomic E-state index is 11.2. The average Bonchev–Trinajstić information content (AvgIpc) is 2.43. The third-order valence-corrected chi connectivity index (χ3v) is 2.45. The van der Waals surface area contributed by atoms with Crippen LogP contribution in [0.5, 0.6) is 0 Å². The fraction of sp³-hybridized carbons (Fsp3) is 0.417. The van der Waals surface area contributed by atoms with Gasteiger partial charge >= 0.3 is 5.97 Å². The maximum Gasteiger partial charge on any atom is 0.356 e. The van der Waals surface area contributed by atoms with Gasteiger partial charge in [0, 0.05) is 25.2 Å². The molecule has 7 nitrogen and oxygen atoms in total. The van der Waals surface area contributed by atoms with E-state index < -0.39 is 18.2 Å². The number of hydrogen-bond acceptors (Lipinski definition) is 6. The molecule has 1 heterocycles. The van der Waals surface area contributed by atoms with Gasteiger partial charge in [-0.2, -0.15) is 0 Å². The number of ether oxygens (including phenoxy) is 1. The summed E-state index contributed by atoms with van der Waals surface area (Å²) in [4.78, 5) is 25.7. The zero-order valence-electron chi connectivity index (χ0n) is 10.7. The lowest BCUT2D eigenvalue weighted by Crippen LogP contribution is -2.34. The van der Waals surface area contributed by atoms with Crippen LogP contribution in [-0.4, -0.2) is 46.8 Å². The molecule has 1 rings (SSSR count). The highest BCUT2D eigenvalue weighted by Gasteiger charge is 2.19. The van der Waals surface area contributed by atoms with Gasteiger partial charge in [-0.15, -0.1) is 0 Å². The third-order valence-electron chi connectivity index (χ3n) is 2.45. The van der Waals surface area contributed by atoms with Gasteiger partial charge in [-0.25, -0.2) is 9.78 Å². The predicted octanol–water partition coefficient (Wildman–Crippen LogP) is -0.601. The molecule has 0 saturated carbocycles. The number of methoxy groups -OCH3 is 1. The van der Waals surface area contributed by atoms with Crippen molar-refractivity contribution in [3.63, 3.8) is 0 Å². The molecular formula is C12H16N2O5. The van der Waals surface area contributed by atoms with Crippen LogP contribution in [0.25, 0.3) is 0 Å². The summed E-state index contributed by atoms with van der Waals surface area (Å²) < 4.78 is 4.49. The number of nitrogens with zero attached hydrogens (tertiary/aromatic N) is 1. The van der Waals surface area contributed by atoms with E-state index in [0.29, 0.717) is 5.56 Å². The van der Waals surface area contributed by atoms with Gasteiger partial charge in [0.25, 0.3) is 0 Å². The second-order valence-electron chi connectivity index (χ2n) is 3.92. The number of carbonyl (C=O) groups is 2. The second kappa shape index (κ2) is 6.81. The third kappa shape index (κ3) is 4.31. The van der Waals surface area contributed by atoms with Crippen molar-refractivity contribution in [2.45, 2.75) is 19.1 Å². The van der Waals surface area contributed by atoms with E-state index in [9.17, 15) is 19.8 Å². The summed E-state index contributed by atoms with van der Waals surface area (Å²) in [6, 6.07) is 2.84. The van der Waals surface area contributed by atoms with E-state index in [1.165, 1.54) is 32.4 Å². The normalized spacial score (nSPS) is 13.5. The topological polar surface area (TPSA) is 109 Å². The molecule has 0 aliphatic heterocycles. The lowest BCUT2D eigenvalue weighted by Gasteiger charge is -2.18. The number of nitrogens with one attached hydrogen (secondary N) is 1. The monoisotopic (exact) mass is 268 g/mol. The Morgan fingerprint density at radius 1 is 1.42 bits per heavy atom. The first-order chi connectivity index (χ1) is 8.95. The first kappa shape index (κ1) is 15.1. The van der Waals surface area contributed by atoms with Crippen molar-refractivity contribution in [1.82, 2.24) is 10.3 Å².